The van der Waals surface area contributed by atoms with Gasteiger partial charge in [0.05, 0.1) is 31.4 Å². The summed E-state index contributed by atoms with van der Waals surface area (Å²) in [5, 5.41) is 6.00. The molecule has 0 bridgehead atoms. The van der Waals surface area contributed by atoms with Crippen molar-refractivity contribution in [3.05, 3.63) is 58.6 Å². The van der Waals surface area contributed by atoms with Crippen molar-refractivity contribution < 1.29 is 23.8 Å². The van der Waals surface area contributed by atoms with E-state index in [4.69, 9.17) is 14.2 Å². The zero-order valence-electron chi connectivity index (χ0n) is 19.4. The van der Waals surface area contributed by atoms with E-state index in [1.165, 1.54) is 32.2 Å². The third-order valence-corrected chi connectivity index (χ3v) is 5.11. The molecule has 0 atom stereocenters. The fourth-order valence-electron chi connectivity index (χ4n) is 3.43. The van der Waals surface area contributed by atoms with Crippen LogP contribution in [0.25, 0.3) is 10.9 Å². The Hall–Kier alpha value is -3.92. The van der Waals surface area contributed by atoms with Crippen LogP contribution in [0, 0.1) is 0 Å². The van der Waals surface area contributed by atoms with E-state index in [9.17, 15) is 14.4 Å². The second kappa shape index (κ2) is 11.8. The molecule has 0 aliphatic rings. The van der Waals surface area contributed by atoms with Gasteiger partial charge in [0.15, 0.2) is 11.5 Å². The van der Waals surface area contributed by atoms with Gasteiger partial charge in [-0.05, 0) is 30.2 Å². The molecule has 0 aliphatic heterocycles. The smallest absolute Gasteiger partial charge is 0.261 e. The van der Waals surface area contributed by atoms with Crippen molar-refractivity contribution in [2.75, 3.05) is 33.3 Å². The van der Waals surface area contributed by atoms with E-state index in [2.05, 4.69) is 15.6 Å². The fourth-order valence-corrected chi connectivity index (χ4v) is 3.43. The molecule has 10 heteroatoms. The first-order chi connectivity index (χ1) is 16.4. The van der Waals surface area contributed by atoms with Crippen molar-refractivity contribution in [3.63, 3.8) is 0 Å². The van der Waals surface area contributed by atoms with E-state index in [0.29, 0.717) is 47.6 Å². The van der Waals surface area contributed by atoms with Gasteiger partial charge in [0.25, 0.3) is 5.56 Å². The number of hydrogen-bond donors (Lipinski definition) is 2. The lowest BCUT2D eigenvalue weighted by Crippen LogP contribution is -2.25. The Morgan fingerprint density at radius 2 is 1.79 bits per heavy atom. The molecule has 2 amide bonds. The Morgan fingerprint density at radius 1 is 1.03 bits per heavy atom. The van der Waals surface area contributed by atoms with Crippen LogP contribution in [-0.4, -0.2) is 49.3 Å². The molecule has 0 spiro atoms. The van der Waals surface area contributed by atoms with Crippen LogP contribution in [-0.2, 0) is 27.4 Å². The van der Waals surface area contributed by atoms with E-state index in [-0.39, 0.29) is 30.4 Å². The molecular formula is C24H28N4O6. The molecule has 0 fully saturated rings. The molecule has 2 N–H and O–H groups in total. The van der Waals surface area contributed by atoms with Crippen molar-refractivity contribution in [2.24, 2.45) is 0 Å². The molecule has 0 radical (unpaired) electrons. The van der Waals surface area contributed by atoms with Crippen LogP contribution < -0.4 is 25.7 Å². The summed E-state index contributed by atoms with van der Waals surface area (Å²) < 4.78 is 16.8. The van der Waals surface area contributed by atoms with E-state index in [0.717, 1.165) is 5.56 Å². The van der Waals surface area contributed by atoms with Crippen molar-refractivity contribution in [3.8, 4) is 11.5 Å². The number of benzene rings is 2. The highest BCUT2D eigenvalue weighted by atomic mass is 16.5. The van der Waals surface area contributed by atoms with E-state index in [1.54, 1.807) is 30.3 Å². The summed E-state index contributed by atoms with van der Waals surface area (Å²) >= 11 is 0. The third-order valence-electron chi connectivity index (χ3n) is 5.11. The van der Waals surface area contributed by atoms with Crippen LogP contribution in [0.4, 0.5) is 5.69 Å². The number of nitrogens with one attached hydrogen (secondary N) is 2. The van der Waals surface area contributed by atoms with Gasteiger partial charge in [-0.2, -0.15) is 0 Å². The van der Waals surface area contributed by atoms with Gasteiger partial charge in [-0.15, -0.1) is 0 Å². The number of amides is 2. The maximum absolute atomic E-state index is 12.8. The molecule has 0 saturated heterocycles. The number of methoxy groups -OCH3 is 3. The van der Waals surface area contributed by atoms with E-state index >= 15 is 0 Å². The van der Waals surface area contributed by atoms with Crippen molar-refractivity contribution in [1.82, 2.24) is 14.9 Å². The minimum absolute atomic E-state index is 0.0293. The van der Waals surface area contributed by atoms with Gasteiger partial charge in [0.1, 0.15) is 6.61 Å². The largest absolute Gasteiger partial charge is 0.493 e. The molecule has 3 aromatic rings. The second-order valence-electron chi connectivity index (χ2n) is 7.53. The summed E-state index contributed by atoms with van der Waals surface area (Å²) in [6, 6.07) is 10.5. The first-order valence-corrected chi connectivity index (χ1v) is 10.7. The summed E-state index contributed by atoms with van der Waals surface area (Å²) in [6.07, 6.45) is 2.19. The van der Waals surface area contributed by atoms with Crippen LogP contribution in [0.5, 0.6) is 11.5 Å². The van der Waals surface area contributed by atoms with E-state index in [1.807, 2.05) is 6.07 Å². The molecule has 34 heavy (non-hydrogen) atoms. The lowest BCUT2D eigenvalue weighted by atomic mass is 10.2. The molecule has 180 valence electrons. The van der Waals surface area contributed by atoms with Crippen molar-refractivity contribution in [2.45, 2.75) is 25.9 Å². The third kappa shape index (κ3) is 6.32. The standard InChI is InChI=1S/C24H28N4O6/c1-32-14-23(30)27-17-7-4-6-16(10-17)13-25-22(29)8-5-9-28-15-26-19-12-21(34-3)20(33-2)11-18(19)24(28)31/h4,6-7,10-12,15H,5,8-9,13-14H2,1-3H3,(H,25,29)(H,27,30). The minimum Gasteiger partial charge on any atom is -0.493 e. The number of carbonyl (C=O) groups excluding carboxylic acids is 2. The van der Waals surface area contributed by atoms with Crippen LogP contribution in [0.15, 0.2) is 47.5 Å². The molecule has 1 aromatic heterocycles. The van der Waals surface area contributed by atoms with Crippen LogP contribution in [0.3, 0.4) is 0 Å². The minimum atomic E-state index is -0.250. The van der Waals surface area contributed by atoms with Gasteiger partial charge in [0, 0.05) is 38.4 Å². The highest BCUT2D eigenvalue weighted by Crippen LogP contribution is 2.29. The summed E-state index contributed by atoms with van der Waals surface area (Å²) in [5.74, 6) is 0.564. The Labute approximate surface area is 196 Å². The first kappa shape index (κ1) is 24.7. The molecule has 0 aliphatic carbocycles. The van der Waals surface area contributed by atoms with E-state index < -0.39 is 0 Å². The van der Waals surface area contributed by atoms with Crippen LogP contribution in [0.2, 0.25) is 0 Å². The summed E-state index contributed by atoms with van der Waals surface area (Å²) in [5.41, 5.74) is 1.78. The number of anilines is 1. The number of aryl methyl sites for hydroxylation is 1. The first-order valence-electron chi connectivity index (χ1n) is 10.7. The summed E-state index contributed by atoms with van der Waals surface area (Å²) in [4.78, 5) is 41.1. The Bertz CT molecular complexity index is 1220. The highest BCUT2D eigenvalue weighted by Gasteiger charge is 2.11. The number of ether oxygens (including phenoxy) is 3. The molecular weight excluding hydrogens is 440 g/mol. The maximum Gasteiger partial charge on any atom is 0.261 e. The number of rotatable bonds is 11. The van der Waals surface area contributed by atoms with Gasteiger partial charge in [-0.25, -0.2) is 4.98 Å². The SMILES string of the molecule is COCC(=O)Nc1cccc(CNC(=O)CCCn2cnc3cc(OC)c(OC)cc3c2=O)c1. The van der Waals surface area contributed by atoms with Crippen LogP contribution in [0.1, 0.15) is 18.4 Å². The Balaban J connectivity index is 1.54. The zero-order chi connectivity index (χ0) is 24.5. The van der Waals surface area contributed by atoms with Gasteiger partial charge in [-0.3, -0.25) is 19.0 Å². The molecule has 2 aromatic carbocycles. The highest BCUT2D eigenvalue weighted by molar-refractivity contribution is 5.91. The molecule has 0 saturated carbocycles. The number of aromatic nitrogens is 2. The van der Waals surface area contributed by atoms with Gasteiger partial charge >= 0.3 is 0 Å². The van der Waals surface area contributed by atoms with Gasteiger partial charge in [-0.1, -0.05) is 12.1 Å². The number of nitrogens with zero attached hydrogens (tertiary/aromatic N) is 2. The molecule has 10 nitrogen and oxygen atoms in total. The number of hydrogen-bond acceptors (Lipinski definition) is 7. The predicted molar refractivity (Wildman–Crippen MR) is 127 cm³/mol. The average molecular weight is 469 g/mol. The molecule has 3 rings (SSSR count). The topological polar surface area (TPSA) is 121 Å². The summed E-state index contributed by atoms with van der Waals surface area (Å²) in [6.45, 7) is 0.648. The van der Waals surface area contributed by atoms with Crippen LogP contribution >= 0.6 is 0 Å². The summed E-state index contributed by atoms with van der Waals surface area (Å²) in [7, 11) is 4.48. The van der Waals surface area contributed by atoms with Crippen molar-refractivity contribution in [1.29, 1.82) is 0 Å². The lowest BCUT2D eigenvalue weighted by Gasteiger charge is -2.11. The fraction of sp³-hybridized carbons (Fsp3) is 0.333. The quantitative estimate of drug-likeness (QED) is 0.442. The average Bonchev–Trinajstić information content (AvgIpc) is 2.83. The second-order valence-corrected chi connectivity index (χ2v) is 7.53. The Morgan fingerprint density at radius 3 is 2.53 bits per heavy atom. The number of fused-ring (bicyclic) bond motifs is 1. The molecule has 0 unspecified atom stereocenters. The number of carbonyl (C=O) groups is 2. The van der Waals surface area contributed by atoms with Gasteiger partial charge in [0.2, 0.25) is 11.8 Å². The Kier molecular flexibility index (Phi) is 8.58. The lowest BCUT2D eigenvalue weighted by molar-refractivity contribution is -0.121. The van der Waals surface area contributed by atoms with Crippen molar-refractivity contribution >= 4 is 28.4 Å². The normalized spacial score (nSPS) is 10.7. The zero-order valence-corrected chi connectivity index (χ0v) is 19.4. The maximum atomic E-state index is 12.8. The molecule has 1 heterocycles. The monoisotopic (exact) mass is 468 g/mol. The predicted octanol–water partition coefficient (Wildman–Crippen LogP) is 2.10. The van der Waals surface area contributed by atoms with Gasteiger partial charge < -0.3 is 24.8 Å².